The van der Waals surface area contributed by atoms with Gasteiger partial charge in [-0.25, -0.2) is 0 Å². The molecule has 3 heteroatoms. The maximum absolute atomic E-state index is 11.7. The van der Waals surface area contributed by atoms with E-state index in [4.69, 9.17) is 0 Å². The number of nitrogens with one attached hydrogen (secondary N) is 2. The Morgan fingerprint density at radius 1 is 1.21 bits per heavy atom. The standard InChI is InChI=1S/C16H26N2O/c1-13(10-11-14-8-6-5-7-9-14)17-12-15(19)18-16(2,3)4/h5-9,13,17H,10-12H2,1-4H3,(H,18,19). The monoisotopic (exact) mass is 262 g/mol. The van der Waals surface area contributed by atoms with E-state index in [1.54, 1.807) is 0 Å². The number of carbonyl (C=O) groups is 1. The number of amides is 1. The van der Waals surface area contributed by atoms with Crippen molar-refractivity contribution in [3.05, 3.63) is 35.9 Å². The van der Waals surface area contributed by atoms with Crippen LogP contribution in [0.15, 0.2) is 30.3 Å². The van der Waals surface area contributed by atoms with Crippen molar-refractivity contribution in [2.45, 2.75) is 52.1 Å². The average Bonchev–Trinajstić information content (AvgIpc) is 2.33. The highest BCUT2D eigenvalue weighted by Gasteiger charge is 2.13. The quantitative estimate of drug-likeness (QED) is 0.827. The number of benzene rings is 1. The Bertz CT molecular complexity index is 381. The van der Waals surface area contributed by atoms with Crippen molar-refractivity contribution in [2.75, 3.05) is 6.54 Å². The molecule has 1 rings (SSSR count). The third-order valence-electron chi connectivity index (χ3n) is 2.83. The van der Waals surface area contributed by atoms with Crippen LogP contribution in [0.3, 0.4) is 0 Å². The fourth-order valence-electron chi connectivity index (χ4n) is 1.86. The fourth-order valence-corrected chi connectivity index (χ4v) is 1.86. The van der Waals surface area contributed by atoms with Gasteiger partial charge in [-0.15, -0.1) is 0 Å². The highest BCUT2D eigenvalue weighted by Crippen LogP contribution is 2.04. The maximum Gasteiger partial charge on any atom is 0.234 e. The summed E-state index contributed by atoms with van der Waals surface area (Å²) in [7, 11) is 0. The first kappa shape index (κ1) is 15.7. The van der Waals surface area contributed by atoms with Crippen LogP contribution in [-0.2, 0) is 11.2 Å². The minimum Gasteiger partial charge on any atom is -0.350 e. The lowest BCUT2D eigenvalue weighted by Crippen LogP contribution is -2.46. The van der Waals surface area contributed by atoms with Crippen LogP contribution in [0.4, 0.5) is 0 Å². The summed E-state index contributed by atoms with van der Waals surface area (Å²) in [6, 6.07) is 10.8. The molecule has 0 aliphatic rings. The second-order valence-electron chi connectivity index (χ2n) is 6.10. The van der Waals surface area contributed by atoms with E-state index in [1.165, 1.54) is 5.56 Å². The van der Waals surface area contributed by atoms with Gasteiger partial charge in [0.1, 0.15) is 0 Å². The van der Waals surface area contributed by atoms with Crippen molar-refractivity contribution in [1.82, 2.24) is 10.6 Å². The Labute approximate surface area is 116 Å². The second kappa shape index (κ2) is 7.29. The van der Waals surface area contributed by atoms with Gasteiger partial charge in [0, 0.05) is 11.6 Å². The molecule has 0 spiro atoms. The number of aryl methyl sites for hydroxylation is 1. The summed E-state index contributed by atoms with van der Waals surface area (Å²) < 4.78 is 0. The van der Waals surface area contributed by atoms with Crippen molar-refractivity contribution < 1.29 is 4.79 Å². The van der Waals surface area contributed by atoms with E-state index < -0.39 is 0 Å². The van der Waals surface area contributed by atoms with Gasteiger partial charge in [-0.1, -0.05) is 30.3 Å². The van der Waals surface area contributed by atoms with E-state index >= 15 is 0 Å². The van der Waals surface area contributed by atoms with Crippen LogP contribution in [-0.4, -0.2) is 24.0 Å². The van der Waals surface area contributed by atoms with Crippen molar-refractivity contribution in [3.8, 4) is 0 Å². The average molecular weight is 262 g/mol. The normalized spacial score (nSPS) is 13.1. The molecule has 1 unspecified atom stereocenters. The first-order valence-electron chi connectivity index (χ1n) is 6.95. The van der Waals surface area contributed by atoms with Crippen molar-refractivity contribution in [2.24, 2.45) is 0 Å². The van der Waals surface area contributed by atoms with Gasteiger partial charge >= 0.3 is 0 Å². The first-order chi connectivity index (χ1) is 8.87. The Morgan fingerprint density at radius 2 is 1.84 bits per heavy atom. The van der Waals surface area contributed by atoms with Crippen LogP contribution in [0.5, 0.6) is 0 Å². The Balaban J connectivity index is 2.21. The van der Waals surface area contributed by atoms with Gasteiger partial charge in [0.25, 0.3) is 0 Å². The molecule has 0 aromatic heterocycles. The molecule has 0 aliphatic heterocycles. The molecule has 0 heterocycles. The van der Waals surface area contributed by atoms with Crippen molar-refractivity contribution in [1.29, 1.82) is 0 Å². The topological polar surface area (TPSA) is 41.1 Å². The molecule has 19 heavy (non-hydrogen) atoms. The van der Waals surface area contributed by atoms with Gasteiger partial charge in [-0.3, -0.25) is 4.79 Å². The Kier molecular flexibility index (Phi) is 6.03. The smallest absolute Gasteiger partial charge is 0.234 e. The van der Waals surface area contributed by atoms with Crippen LogP contribution >= 0.6 is 0 Å². The summed E-state index contributed by atoms with van der Waals surface area (Å²) in [5.41, 5.74) is 1.18. The molecule has 0 bridgehead atoms. The molecule has 1 amide bonds. The third-order valence-corrected chi connectivity index (χ3v) is 2.83. The molecule has 106 valence electrons. The zero-order valence-electron chi connectivity index (χ0n) is 12.5. The van der Waals surface area contributed by atoms with Crippen LogP contribution in [0.2, 0.25) is 0 Å². The van der Waals surface area contributed by atoms with Crippen molar-refractivity contribution in [3.63, 3.8) is 0 Å². The summed E-state index contributed by atoms with van der Waals surface area (Å²) in [5.74, 6) is 0.0547. The van der Waals surface area contributed by atoms with Gasteiger partial charge in [-0.05, 0) is 46.1 Å². The molecule has 0 radical (unpaired) electrons. The predicted octanol–water partition coefficient (Wildman–Crippen LogP) is 2.51. The van der Waals surface area contributed by atoms with Gasteiger partial charge in [0.2, 0.25) is 5.91 Å². The van der Waals surface area contributed by atoms with Crippen LogP contribution in [0, 0.1) is 0 Å². The van der Waals surface area contributed by atoms with Gasteiger partial charge < -0.3 is 10.6 Å². The highest BCUT2D eigenvalue weighted by atomic mass is 16.2. The van der Waals surface area contributed by atoms with E-state index in [1.807, 2.05) is 26.8 Å². The Hall–Kier alpha value is -1.35. The summed E-state index contributed by atoms with van der Waals surface area (Å²) in [4.78, 5) is 11.7. The van der Waals surface area contributed by atoms with Crippen LogP contribution < -0.4 is 10.6 Å². The van der Waals surface area contributed by atoms with Crippen LogP contribution in [0.1, 0.15) is 39.7 Å². The van der Waals surface area contributed by atoms with E-state index in [0.29, 0.717) is 12.6 Å². The summed E-state index contributed by atoms with van der Waals surface area (Å²) in [6.07, 6.45) is 2.07. The van der Waals surface area contributed by atoms with E-state index in [2.05, 4.69) is 41.8 Å². The van der Waals surface area contributed by atoms with Gasteiger partial charge in [-0.2, -0.15) is 0 Å². The molecule has 1 atom stereocenters. The van der Waals surface area contributed by atoms with E-state index in [9.17, 15) is 4.79 Å². The Morgan fingerprint density at radius 3 is 2.42 bits per heavy atom. The fraction of sp³-hybridized carbons (Fsp3) is 0.562. The molecular weight excluding hydrogens is 236 g/mol. The summed E-state index contributed by atoms with van der Waals surface area (Å²) >= 11 is 0. The molecule has 0 saturated heterocycles. The number of carbonyl (C=O) groups excluding carboxylic acids is 1. The van der Waals surface area contributed by atoms with E-state index in [-0.39, 0.29) is 11.4 Å². The molecular formula is C16H26N2O. The third kappa shape index (κ3) is 7.62. The van der Waals surface area contributed by atoms with Crippen molar-refractivity contribution >= 4 is 5.91 Å². The summed E-state index contributed by atoms with van der Waals surface area (Å²) in [6.45, 7) is 8.47. The molecule has 0 saturated carbocycles. The van der Waals surface area contributed by atoms with Crippen LogP contribution in [0.25, 0.3) is 0 Å². The lowest BCUT2D eigenvalue weighted by molar-refractivity contribution is -0.121. The largest absolute Gasteiger partial charge is 0.350 e. The van der Waals surface area contributed by atoms with Gasteiger partial charge in [0.15, 0.2) is 0 Å². The molecule has 1 aromatic carbocycles. The minimum atomic E-state index is -0.161. The number of rotatable bonds is 6. The van der Waals surface area contributed by atoms with Gasteiger partial charge in [0.05, 0.1) is 6.54 Å². The number of hydrogen-bond acceptors (Lipinski definition) is 2. The maximum atomic E-state index is 11.7. The first-order valence-corrected chi connectivity index (χ1v) is 6.95. The zero-order chi connectivity index (χ0) is 14.3. The highest BCUT2D eigenvalue weighted by molar-refractivity contribution is 5.78. The molecule has 0 aliphatic carbocycles. The van der Waals surface area contributed by atoms with E-state index in [0.717, 1.165) is 12.8 Å². The SMILES string of the molecule is CC(CCc1ccccc1)NCC(=O)NC(C)(C)C. The minimum absolute atomic E-state index is 0.0547. The lowest BCUT2D eigenvalue weighted by atomic mass is 10.1. The molecule has 1 aromatic rings. The summed E-state index contributed by atoms with van der Waals surface area (Å²) in [5, 5.41) is 6.21. The second-order valence-corrected chi connectivity index (χ2v) is 6.10. The zero-order valence-corrected chi connectivity index (χ0v) is 12.5. The number of hydrogen-bond donors (Lipinski definition) is 2. The molecule has 3 nitrogen and oxygen atoms in total. The molecule has 2 N–H and O–H groups in total. The molecule has 0 fully saturated rings. The lowest BCUT2D eigenvalue weighted by Gasteiger charge is -2.21. The predicted molar refractivity (Wildman–Crippen MR) is 80.1 cm³/mol.